The van der Waals surface area contributed by atoms with Crippen LogP contribution >= 0.6 is 11.8 Å². The number of hydrogen-bond donors (Lipinski definition) is 3. The maximum atomic E-state index is 12.8. The van der Waals surface area contributed by atoms with Gasteiger partial charge in [0.25, 0.3) is 0 Å². The Balaban J connectivity index is 2.09. The summed E-state index contributed by atoms with van der Waals surface area (Å²) in [6, 6.07) is 6.54. The Kier molecular flexibility index (Phi) is 9.91. The van der Waals surface area contributed by atoms with Crippen molar-refractivity contribution in [3.8, 4) is 0 Å². The minimum absolute atomic E-state index is 0.000968. The van der Waals surface area contributed by atoms with E-state index in [4.69, 9.17) is 0 Å². The lowest BCUT2D eigenvalue weighted by molar-refractivity contribution is -0.123. The Morgan fingerprint density at radius 1 is 1.12 bits per heavy atom. The van der Waals surface area contributed by atoms with Crippen LogP contribution in [0.5, 0.6) is 0 Å². The Labute approximate surface area is 147 Å². The highest BCUT2D eigenvalue weighted by Crippen LogP contribution is 2.18. The zero-order valence-corrected chi connectivity index (χ0v) is 15.4. The highest BCUT2D eigenvalue weighted by Gasteiger charge is 2.05. The van der Waals surface area contributed by atoms with Gasteiger partial charge in [0.05, 0.1) is 0 Å². The molecule has 0 atom stereocenters. The number of aliphatic imine (C=N–C) groups is 1. The van der Waals surface area contributed by atoms with E-state index in [1.54, 1.807) is 30.9 Å². The number of guanidine groups is 1. The topological polar surface area (TPSA) is 65.5 Å². The number of rotatable bonds is 9. The first kappa shape index (κ1) is 20.3. The second-order valence-electron chi connectivity index (χ2n) is 5.53. The predicted octanol–water partition coefficient (Wildman–Crippen LogP) is 2.25. The molecule has 0 bridgehead atoms. The number of hydrogen-bond acceptors (Lipinski definition) is 3. The van der Waals surface area contributed by atoms with E-state index in [9.17, 15) is 9.18 Å². The van der Waals surface area contributed by atoms with Crippen LogP contribution in [0.15, 0.2) is 34.2 Å². The fourth-order valence-electron chi connectivity index (χ4n) is 1.79. The summed E-state index contributed by atoms with van der Waals surface area (Å²) in [5, 5.41) is 9.23. The van der Waals surface area contributed by atoms with Gasteiger partial charge in [0.2, 0.25) is 5.91 Å². The minimum Gasteiger partial charge on any atom is -0.356 e. The first-order chi connectivity index (χ1) is 11.5. The van der Waals surface area contributed by atoms with Gasteiger partial charge >= 0.3 is 0 Å². The molecule has 134 valence electrons. The van der Waals surface area contributed by atoms with Gasteiger partial charge in [-0.1, -0.05) is 13.8 Å². The Bertz CT molecular complexity index is 520. The molecule has 0 aromatic heterocycles. The number of amides is 1. The molecule has 0 spiro atoms. The van der Waals surface area contributed by atoms with Gasteiger partial charge in [-0.2, -0.15) is 0 Å². The van der Waals surface area contributed by atoms with E-state index in [1.165, 1.54) is 12.1 Å². The molecule has 0 heterocycles. The summed E-state index contributed by atoms with van der Waals surface area (Å²) >= 11 is 1.70. The van der Waals surface area contributed by atoms with Crippen LogP contribution in [0, 0.1) is 11.7 Å². The van der Waals surface area contributed by atoms with E-state index in [1.807, 2.05) is 13.8 Å². The number of thioether (sulfide) groups is 1. The highest BCUT2D eigenvalue weighted by molar-refractivity contribution is 7.99. The van der Waals surface area contributed by atoms with Crippen molar-refractivity contribution in [2.45, 2.75) is 25.2 Å². The predicted molar refractivity (Wildman–Crippen MR) is 99.0 cm³/mol. The molecule has 0 fully saturated rings. The Morgan fingerprint density at radius 2 is 1.75 bits per heavy atom. The number of nitrogens with zero attached hydrogens (tertiary/aromatic N) is 1. The van der Waals surface area contributed by atoms with Crippen molar-refractivity contribution in [2.75, 3.05) is 32.4 Å². The van der Waals surface area contributed by atoms with Crippen molar-refractivity contribution in [1.29, 1.82) is 0 Å². The fraction of sp³-hybridized carbons (Fsp3) is 0.529. The van der Waals surface area contributed by atoms with Crippen molar-refractivity contribution in [3.05, 3.63) is 30.1 Å². The second kappa shape index (κ2) is 11.7. The Hall–Kier alpha value is -1.76. The lowest BCUT2D eigenvalue weighted by atomic mass is 10.2. The zero-order valence-electron chi connectivity index (χ0n) is 14.6. The molecule has 0 aliphatic heterocycles. The van der Waals surface area contributed by atoms with Crippen molar-refractivity contribution < 1.29 is 9.18 Å². The summed E-state index contributed by atoms with van der Waals surface area (Å²) in [6.07, 6.45) is 0.965. The molecule has 0 unspecified atom stereocenters. The normalized spacial score (nSPS) is 11.5. The quantitative estimate of drug-likeness (QED) is 0.275. The smallest absolute Gasteiger partial charge is 0.222 e. The molecule has 0 aliphatic carbocycles. The summed E-state index contributed by atoms with van der Waals surface area (Å²) in [7, 11) is 1.72. The Morgan fingerprint density at radius 3 is 2.38 bits per heavy atom. The maximum Gasteiger partial charge on any atom is 0.222 e. The van der Waals surface area contributed by atoms with Crippen LogP contribution < -0.4 is 16.0 Å². The van der Waals surface area contributed by atoms with Gasteiger partial charge in [-0.05, 0) is 36.4 Å². The van der Waals surface area contributed by atoms with Crippen molar-refractivity contribution in [2.24, 2.45) is 10.9 Å². The van der Waals surface area contributed by atoms with Crippen molar-refractivity contribution in [1.82, 2.24) is 16.0 Å². The average Bonchev–Trinajstić information content (AvgIpc) is 2.57. The SMILES string of the molecule is CN=C(NCCCSc1ccc(F)cc1)NCCNC(=O)C(C)C. The third-order valence-electron chi connectivity index (χ3n) is 3.16. The van der Waals surface area contributed by atoms with Crippen LogP contribution in [0.1, 0.15) is 20.3 Å². The summed E-state index contributed by atoms with van der Waals surface area (Å²) in [6.45, 7) is 5.73. The van der Waals surface area contributed by atoms with Crippen LogP contribution in [0.25, 0.3) is 0 Å². The molecule has 0 saturated heterocycles. The van der Waals surface area contributed by atoms with Crippen molar-refractivity contribution in [3.63, 3.8) is 0 Å². The molecule has 1 rings (SSSR count). The number of halogens is 1. The van der Waals surface area contributed by atoms with Crippen LogP contribution in [0.2, 0.25) is 0 Å². The van der Waals surface area contributed by atoms with Crippen molar-refractivity contribution >= 4 is 23.6 Å². The molecule has 0 saturated carbocycles. The standard InChI is InChI=1S/C17H27FN4OS/c1-13(2)16(23)20-10-11-22-17(19-3)21-9-4-12-24-15-7-5-14(18)6-8-15/h5-8,13H,4,9-12H2,1-3H3,(H,20,23)(H2,19,21,22). The maximum absolute atomic E-state index is 12.8. The molecular formula is C17H27FN4OS. The molecule has 1 amide bonds. The first-order valence-electron chi connectivity index (χ1n) is 8.13. The fourth-order valence-corrected chi connectivity index (χ4v) is 2.64. The van der Waals surface area contributed by atoms with Gasteiger partial charge in [-0.3, -0.25) is 9.79 Å². The summed E-state index contributed by atoms with van der Waals surface area (Å²) < 4.78 is 12.8. The highest BCUT2D eigenvalue weighted by atomic mass is 32.2. The molecule has 24 heavy (non-hydrogen) atoms. The first-order valence-corrected chi connectivity index (χ1v) is 9.12. The van der Waals surface area contributed by atoms with E-state index in [-0.39, 0.29) is 17.6 Å². The van der Waals surface area contributed by atoms with Gasteiger partial charge in [-0.15, -0.1) is 11.8 Å². The zero-order chi connectivity index (χ0) is 17.8. The molecule has 3 N–H and O–H groups in total. The molecule has 5 nitrogen and oxygen atoms in total. The van der Waals surface area contributed by atoms with Gasteiger partial charge in [-0.25, -0.2) is 4.39 Å². The molecule has 1 aromatic rings. The molecule has 1 aromatic carbocycles. The number of carbonyl (C=O) groups excluding carboxylic acids is 1. The van der Waals surface area contributed by atoms with E-state index < -0.39 is 0 Å². The van der Waals surface area contributed by atoms with Gasteiger partial charge in [0, 0.05) is 37.5 Å². The van der Waals surface area contributed by atoms with E-state index in [2.05, 4.69) is 20.9 Å². The second-order valence-corrected chi connectivity index (χ2v) is 6.70. The lowest BCUT2D eigenvalue weighted by Gasteiger charge is -2.13. The van der Waals surface area contributed by atoms with E-state index in [0.29, 0.717) is 13.1 Å². The molecule has 7 heteroatoms. The van der Waals surface area contributed by atoms with Gasteiger partial charge < -0.3 is 16.0 Å². The van der Waals surface area contributed by atoms with Gasteiger partial charge in [0.1, 0.15) is 5.82 Å². The van der Waals surface area contributed by atoms with Crippen LogP contribution in [-0.4, -0.2) is 44.3 Å². The number of nitrogens with one attached hydrogen (secondary N) is 3. The summed E-state index contributed by atoms with van der Waals surface area (Å²) in [4.78, 5) is 16.6. The van der Waals surface area contributed by atoms with Crippen LogP contribution in [0.3, 0.4) is 0 Å². The largest absolute Gasteiger partial charge is 0.356 e. The molecular weight excluding hydrogens is 327 g/mol. The van der Waals surface area contributed by atoms with Crippen LogP contribution in [0.4, 0.5) is 4.39 Å². The summed E-state index contributed by atoms with van der Waals surface area (Å²) in [5.74, 6) is 1.51. The number of benzene rings is 1. The third-order valence-corrected chi connectivity index (χ3v) is 4.26. The molecule has 0 radical (unpaired) electrons. The number of carbonyl (C=O) groups is 1. The summed E-state index contributed by atoms with van der Waals surface area (Å²) in [5.41, 5.74) is 0. The lowest BCUT2D eigenvalue weighted by Crippen LogP contribution is -2.42. The average molecular weight is 354 g/mol. The monoisotopic (exact) mass is 354 g/mol. The van der Waals surface area contributed by atoms with Gasteiger partial charge in [0.15, 0.2) is 5.96 Å². The van der Waals surface area contributed by atoms with E-state index >= 15 is 0 Å². The minimum atomic E-state index is -0.208. The van der Waals surface area contributed by atoms with Crippen LogP contribution in [-0.2, 0) is 4.79 Å². The molecule has 0 aliphatic rings. The third kappa shape index (κ3) is 8.76. The van der Waals surface area contributed by atoms with E-state index in [0.717, 1.165) is 29.6 Å².